The van der Waals surface area contributed by atoms with Gasteiger partial charge in [-0.1, -0.05) is 30.3 Å². The minimum atomic E-state index is -1.20. The van der Waals surface area contributed by atoms with Crippen molar-refractivity contribution in [2.75, 3.05) is 25.2 Å². The van der Waals surface area contributed by atoms with Crippen LogP contribution in [0.4, 0.5) is 0 Å². The lowest BCUT2D eigenvalue weighted by molar-refractivity contribution is -0.219. The van der Waals surface area contributed by atoms with Gasteiger partial charge in [0.15, 0.2) is 5.54 Å². The molecule has 2 rings (SSSR count). The zero-order valence-corrected chi connectivity index (χ0v) is 15.3. The number of ether oxygens (including phenoxy) is 1. The summed E-state index contributed by atoms with van der Waals surface area (Å²) in [6, 6.07) is 9.48. The molecule has 0 unspecified atom stereocenters. The summed E-state index contributed by atoms with van der Waals surface area (Å²) in [4.78, 5) is 31.0. The highest BCUT2D eigenvalue weighted by Crippen LogP contribution is 2.32. The molecule has 1 aliphatic heterocycles. The van der Waals surface area contributed by atoms with Crippen molar-refractivity contribution in [3.05, 3.63) is 41.5 Å². The maximum atomic E-state index is 13.1. The molecule has 1 heterocycles. The third-order valence-corrected chi connectivity index (χ3v) is 4.42. The number of carbonyl (C=O) groups is 2. The van der Waals surface area contributed by atoms with Crippen LogP contribution >= 0.6 is 11.8 Å². The maximum absolute atomic E-state index is 13.1. The number of amides is 1. The Bertz CT molecular complexity index is 640. The van der Waals surface area contributed by atoms with Crippen LogP contribution in [0.15, 0.2) is 35.9 Å². The van der Waals surface area contributed by atoms with Crippen molar-refractivity contribution in [3.63, 3.8) is 0 Å². The molecule has 0 aromatic heterocycles. The van der Waals surface area contributed by atoms with Crippen molar-refractivity contribution in [2.45, 2.75) is 26.3 Å². The summed E-state index contributed by atoms with van der Waals surface area (Å²) in [5, 5.41) is 1.15. The van der Waals surface area contributed by atoms with E-state index < -0.39 is 11.5 Å². The highest BCUT2D eigenvalue weighted by atomic mass is 32.2. The Morgan fingerprint density at radius 3 is 2.58 bits per heavy atom. The lowest BCUT2D eigenvalue weighted by atomic mass is 9.96. The Hall–Kier alpha value is -1.79. The van der Waals surface area contributed by atoms with E-state index in [4.69, 9.17) is 9.57 Å². The van der Waals surface area contributed by atoms with E-state index in [1.54, 1.807) is 32.5 Å². The summed E-state index contributed by atoms with van der Waals surface area (Å²) >= 11 is 1.63. The molecule has 0 atom stereocenters. The lowest BCUT2D eigenvalue weighted by Gasteiger charge is -2.38. The van der Waals surface area contributed by atoms with Crippen LogP contribution in [0.3, 0.4) is 0 Å². The molecule has 1 aromatic rings. The molecule has 0 saturated carbocycles. The van der Waals surface area contributed by atoms with Crippen LogP contribution < -0.4 is 0 Å². The molecular weight excluding hydrogens is 326 g/mol. The molecule has 0 radical (unpaired) electrons. The van der Waals surface area contributed by atoms with Crippen molar-refractivity contribution in [3.8, 4) is 0 Å². The van der Waals surface area contributed by atoms with Crippen LogP contribution in [0.5, 0.6) is 0 Å². The largest absolute Gasteiger partial charge is 0.464 e. The van der Waals surface area contributed by atoms with Gasteiger partial charge >= 0.3 is 5.97 Å². The van der Waals surface area contributed by atoms with Gasteiger partial charge < -0.3 is 4.74 Å². The molecule has 5 nitrogen and oxygen atoms in total. The smallest absolute Gasteiger partial charge is 0.334 e. The van der Waals surface area contributed by atoms with E-state index in [9.17, 15) is 9.59 Å². The second kappa shape index (κ2) is 7.85. The number of benzene rings is 1. The number of esters is 1. The number of nitrogens with zero attached hydrogens (tertiary/aromatic N) is 1. The first-order valence-electron chi connectivity index (χ1n) is 7.84. The van der Waals surface area contributed by atoms with Gasteiger partial charge in [-0.2, -0.15) is 16.8 Å². The molecule has 0 bridgehead atoms. The first kappa shape index (κ1) is 18.5. The summed E-state index contributed by atoms with van der Waals surface area (Å²) < 4.78 is 5.09. The molecule has 1 aliphatic rings. The Labute approximate surface area is 147 Å². The molecule has 24 heavy (non-hydrogen) atoms. The van der Waals surface area contributed by atoms with Crippen LogP contribution in [-0.4, -0.2) is 47.7 Å². The average molecular weight is 349 g/mol. The van der Waals surface area contributed by atoms with Crippen molar-refractivity contribution < 1.29 is 19.2 Å². The topological polar surface area (TPSA) is 55.8 Å². The van der Waals surface area contributed by atoms with Crippen molar-refractivity contribution in [1.82, 2.24) is 5.06 Å². The lowest BCUT2D eigenvalue weighted by Crippen LogP contribution is -2.55. The van der Waals surface area contributed by atoms with Crippen LogP contribution in [0.2, 0.25) is 0 Å². The van der Waals surface area contributed by atoms with Crippen LogP contribution in [0, 0.1) is 0 Å². The number of hydroxylamine groups is 2. The van der Waals surface area contributed by atoms with Gasteiger partial charge in [-0.3, -0.25) is 9.63 Å². The zero-order valence-electron chi connectivity index (χ0n) is 14.5. The van der Waals surface area contributed by atoms with E-state index in [1.165, 1.54) is 0 Å². The Kier molecular flexibility index (Phi) is 6.07. The Morgan fingerprint density at radius 2 is 2.00 bits per heavy atom. The van der Waals surface area contributed by atoms with E-state index >= 15 is 0 Å². The summed E-state index contributed by atoms with van der Waals surface area (Å²) in [7, 11) is 0. The third-order valence-electron chi connectivity index (χ3n) is 3.78. The Morgan fingerprint density at radius 1 is 1.33 bits per heavy atom. The number of thioether (sulfide) groups is 1. The second-order valence-electron chi connectivity index (χ2n) is 5.93. The van der Waals surface area contributed by atoms with Gasteiger partial charge in [0.2, 0.25) is 0 Å². The molecule has 0 fully saturated rings. The molecule has 1 amide bonds. The van der Waals surface area contributed by atoms with Crippen molar-refractivity contribution >= 4 is 29.2 Å². The maximum Gasteiger partial charge on any atom is 0.334 e. The van der Waals surface area contributed by atoms with Gasteiger partial charge in [-0.05, 0) is 38.2 Å². The minimum Gasteiger partial charge on any atom is -0.464 e. The van der Waals surface area contributed by atoms with E-state index in [0.717, 1.165) is 16.2 Å². The first-order chi connectivity index (χ1) is 11.4. The first-order valence-corrected chi connectivity index (χ1v) is 9.24. The fraction of sp³-hybridized carbons (Fsp3) is 0.444. The van der Waals surface area contributed by atoms with Gasteiger partial charge in [-0.25, -0.2) is 4.79 Å². The van der Waals surface area contributed by atoms with E-state index in [-0.39, 0.29) is 19.1 Å². The summed E-state index contributed by atoms with van der Waals surface area (Å²) in [6.07, 6.45) is 1.98. The van der Waals surface area contributed by atoms with E-state index in [1.807, 2.05) is 36.6 Å². The normalized spacial score (nSPS) is 15.7. The average Bonchev–Trinajstić information content (AvgIpc) is 2.56. The molecule has 0 spiro atoms. The van der Waals surface area contributed by atoms with Gasteiger partial charge in [0.1, 0.15) is 0 Å². The van der Waals surface area contributed by atoms with E-state index in [0.29, 0.717) is 11.3 Å². The van der Waals surface area contributed by atoms with E-state index in [2.05, 4.69) is 0 Å². The van der Waals surface area contributed by atoms with Crippen LogP contribution in [0.25, 0.3) is 5.57 Å². The predicted molar refractivity (Wildman–Crippen MR) is 95.3 cm³/mol. The highest BCUT2D eigenvalue weighted by Gasteiger charge is 2.44. The fourth-order valence-corrected chi connectivity index (χ4v) is 3.13. The summed E-state index contributed by atoms with van der Waals surface area (Å²) in [5.41, 5.74) is 1.17. The molecule has 0 N–H and O–H groups in total. The second-order valence-corrected chi connectivity index (χ2v) is 6.80. The molecule has 0 aliphatic carbocycles. The molecule has 130 valence electrons. The minimum absolute atomic E-state index is 0.253. The number of hydrogen-bond acceptors (Lipinski definition) is 5. The van der Waals surface area contributed by atoms with Crippen molar-refractivity contribution in [2.24, 2.45) is 0 Å². The SMILES string of the molecule is CCOC(=O)C(C)(C)N1OCC(CSC)=C(c2ccccc2)C1=O. The quantitative estimate of drug-likeness (QED) is 0.739. The van der Waals surface area contributed by atoms with Crippen molar-refractivity contribution in [1.29, 1.82) is 0 Å². The summed E-state index contributed by atoms with van der Waals surface area (Å²) in [5.74, 6) is -0.0995. The number of hydrogen-bond donors (Lipinski definition) is 0. The van der Waals surface area contributed by atoms with Gasteiger partial charge in [0, 0.05) is 5.75 Å². The molecule has 6 heteroatoms. The number of carbonyl (C=O) groups excluding carboxylic acids is 2. The van der Waals surface area contributed by atoms with Gasteiger partial charge in [0.25, 0.3) is 5.91 Å². The van der Waals surface area contributed by atoms with Gasteiger partial charge in [-0.15, -0.1) is 0 Å². The number of rotatable bonds is 6. The Balaban J connectivity index is 2.42. The fourth-order valence-electron chi connectivity index (χ4n) is 2.55. The monoisotopic (exact) mass is 349 g/mol. The zero-order chi connectivity index (χ0) is 17.7. The molecule has 0 saturated heterocycles. The van der Waals surface area contributed by atoms with Crippen LogP contribution in [0.1, 0.15) is 26.3 Å². The molecule has 1 aromatic carbocycles. The predicted octanol–water partition coefficient (Wildman–Crippen LogP) is 2.92. The van der Waals surface area contributed by atoms with Crippen LogP contribution in [-0.2, 0) is 19.2 Å². The standard InChI is InChI=1S/C18H23NO4S/c1-5-22-17(21)18(2,3)19-16(20)15(13-9-7-6-8-10-13)14(11-23-19)12-24-4/h6-10H,5,11-12H2,1-4H3. The van der Waals surface area contributed by atoms with Gasteiger partial charge in [0.05, 0.1) is 18.8 Å². The summed E-state index contributed by atoms with van der Waals surface area (Å²) in [6.45, 7) is 5.53. The third kappa shape index (κ3) is 3.65. The highest BCUT2D eigenvalue weighted by molar-refractivity contribution is 7.98. The molecular formula is C18H23NO4S.